The lowest BCUT2D eigenvalue weighted by Crippen LogP contribution is -2.27. The highest BCUT2D eigenvalue weighted by atomic mass is 16.5. The maximum atomic E-state index is 13.2. The maximum Gasteiger partial charge on any atom is 0.162 e. The fourth-order valence-electron chi connectivity index (χ4n) is 4.96. The Balaban J connectivity index is 1.61. The summed E-state index contributed by atoms with van der Waals surface area (Å²) in [7, 11) is 4.88. The summed E-state index contributed by atoms with van der Waals surface area (Å²) in [6.07, 6.45) is 2.22. The lowest BCUT2D eigenvalue weighted by molar-refractivity contribution is -0.116. The Morgan fingerprint density at radius 3 is 2.31 bits per heavy atom. The minimum atomic E-state index is -0.251. The lowest BCUT2D eigenvalue weighted by atomic mass is 9.75. The summed E-state index contributed by atoms with van der Waals surface area (Å²) in [6, 6.07) is 19.8. The largest absolute Gasteiger partial charge is 0.493 e. The van der Waals surface area contributed by atoms with Gasteiger partial charge in [0.25, 0.3) is 0 Å². The van der Waals surface area contributed by atoms with Crippen LogP contribution in [0, 0.1) is 0 Å². The number of allylic oxidation sites excluding steroid dienone is 2. The number of carbonyl (C=O) groups is 1. The predicted octanol–water partition coefficient (Wildman–Crippen LogP) is 5.86. The number of methoxy groups -OCH3 is 3. The molecule has 1 N–H and O–H groups in total. The Kier molecular flexibility index (Phi) is 6.36. The fourth-order valence-corrected chi connectivity index (χ4v) is 4.96. The van der Waals surface area contributed by atoms with Gasteiger partial charge in [-0.15, -0.1) is 0 Å². The molecular formula is C29H29NO5. The average molecular weight is 472 g/mol. The molecule has 1 atom stereocenters. The molecular weight excluding hydrogens is 442 g/mol. The molecule has 0 spiro atoms. The molecule has 6 heteroatoms. The number of fused-ring (bicyclic) bond motifs is 1. The number of hydrogen-bond donors (Lipinski definition) is 1. The number of Topliss-reactive ketones (excluding diaryl/α,β-unsaturated/α-hetero) is 1. The number of hydrogen-bond acceptors (Lipinski definition) is 6. The smallest absolute Gasteiger partial charge is 0.162 e. The zero-order valence-electron chi connectivity index (χ0n) is 20.2. The molecule has 0 amide bonds. The SMILES string of the molecule is COc1cc2c(cc1OC)[C@H](c1ccc(OC)c(OCc3ccccc3)c1)C1=C(CCCC1=O)N2. The Bertz CT molecular complexity index is 1280. The van der Waals surface area contributed by atoms with Gasteiger partial charge in [-0.3, -0.25) is 4.79 Å². The van der Waals surface area contributed by atoms with Crippen LogP contribution in [0.1, 0.15) is 41.9 Å². The molecule has 0 fully saturated rings. The van der Waals surface area contributed by atoms with E-state index in [1.165, 1.54) is 0 Å². The van der Waals surface area contributed by atoms with Gasteiger partial charge in [-0.25, -0.2) is 0 Å². The second-order valence-corrected chi connectivity index (χ2v) is 8.71. The van der Waals surface area contributed by atoms with Crippen LogP contribution in [0.4, 0.5) is 5.69 Å². The Hall–Kier alpha value is -3.93. The van der Waals surface area contributed by atoms with Crippen molar-refractivity contribution in [1.29, 1.82) is 0 Å². The first-order chi connectivity index (χ1) is 17.1. The van der Waals surface area contributed by atoms with E-state index in [0.717, 1.165) is 46.5 Å². The second kappa shape index (κ2) is 9.74. The summed E-state index contributed by atoms with van der Waals surface area (Å²) in [4.78, 5) is 13.2. The van der Waals surface area contributed by atoms with Crippen molar-refractivity contribution in [1.82, 2.24) is 0 Å². The molecule has 2 aliphatic rings. The van der Waals surface area contributed by atoms with Gasteiger partial charge in [0, 0.05) is 35.4 Å². The van der Waals surface area contributed by atoms with Crippen LogP contribution in [0.15, 0.2) is 71.9 Å². The van der Waals surface area contributed by atoms with E-state index in [4.69, 9.17) is 18.9 Å². The van der Waals surface area contributed by atoms with Gasteiger partial charge in [-0.05, 0) is 47.7 Å². The summed E-state index contributed by atoms with van der Waals surface area (Å²) >= 11 is 0. The predicted molar refractivity (Wildman–Crippen MR) is 135 cm³/mol. The van der Waals surface area contributed by atoms with Gasteiger partial charge in [0.2, 0.25) is 0 Å². The van der Waals surface area contributed by atoms with Crippen molar-refractivity contribution < 1.29 is 23.7 Å². The van der Waals surface area contributed by atoms with E-state index in [9.17, 15) is 4.79 Å². The van der Waals surface area contributed by atoms with Crippen LogP contribution in [-0.2, 0) is 11.4 Å². The third-order valence-electron chi connectivity index (χ3n) is 6.66. The van der Waals surface area contributed by atoms with Crippen molar-refractivity contribution in [2.45, 2.75) is 31.8 Å². The number of ether oxygens (including phenoxy) is 4. The van der Waals surface area contributed by atoms with Crippen molar-refractivity contribution in [3.8, 4) is 23.0 Å². The first-order valence-corrected chi connectivity index (χ1v) is 11.8. The first kappa shape index (κ1) is 22.8. The van der Waals surface area contributed by atoms with E-state index < -0.39 is 0 Å². The molecule has 180 valence electrons. The maximum absolute atomic E-state index is 13.2. The van der Waals surface area contributed by atoms with Gasteiger partial charge in [0.1, 0.15) is 6.61 Å². The van der Waals surface area contributed by atoms with Crippen LogP contribution in [-0.4, -0.2) is 27.1 Å². The van der Waals surface area contributed by atoms with Crippen LogP contribution in [0.2, 0.25) is 0 Å². The fraction of sp³-hybridized carbons (Fsp3) is 0.276. The molecule has 1 aliphatic carbocycles. The topological polar surface area (TPSA) is 66.0 Å². The van der Waals surface area contributed by atoms with Crippen LogP contribution in [0.5, 0.6) is 23.0 Å². The van der Waals surface area contributed by atoms with Crippen molar-refractivity contribution in [2.75, 3.05) is 26.6 Å². The molecule has 0 unspecified atom stereocenters. The molecule has 0 saturated carbocycles. The lowest BCUT2D eigenvalue weighted by Gasteiger charge is -2.34. The summed E-state index contributed by atoms with van der Waals surface area (Å²) < 4.78 is 22.9. The van der Waals surface area contributed by atoms with Crippen molar-refractivity contribution in [3.63, 3.8) is 0 Å². The van der Waals surface area contributed by atoms with Crippen LogP contribution in [0.25, 0.3) is 0 Å². The summed E-state index contributed by atoms with van der Waals surface area (Å²) in [5, 5.41) is 3.51. The summed E-state index contributed by atoms with van der Waals surface area (Å²) in [5.74, 6) is 2.48. The number of carbonyl (C=O) groups excluding carboxylic acids is 1. The average Bonchev–Trinajstić information content (AvgIpc) is 2.90. The molecule has 5 rings (SSSR count). The quantitative estimate of drug-likeness (QED) is 0.466. The molecule has 3 aromatic carbocycles. The van der Waals surface area contributed by atoms with Gasteiger partial charge in [0.15, 0.2) is 28.8 Å². The minimum Gasteiger partial charge on any atom is -0.493 e. The van der Waals surface area contributed by atoms with E-state index in [1.54, 1.807) is 21.3 Å². The molecule has 0 bridgehead atoms. The third kappa shape index (κ3) is 4.32. The van der Waals surface area contributed by atoms with Gasteiger partial charge in [-0.2, -0.15) is 0 Å². The standard InChI is InChI=1S/C29H29NO5/c1-32-24-13-12-19(14-27(24)35-17-18-8-5-4-6-9-18)28-20-15-25(33-2)26(34-3)16-22(20)30-21-10-7-11-23(31)29(21)28/h4-6,8-9,12-16,28,30H,7,10-11,17H2,1-3H3/t28-/m0/s1. The molecule has 0 saturated heterocycles. The number of anilines is 1. The van der Waals surface area contributed by atoms with Crippen molar-refractivity contribution in [3.05, 3.63) is 88.6 Å². The van der Waals surface area contributed by atoms with Crippen molar-refractivity contribution >= 4 is 11.5 Å². The molecule has 3 aromatic rings. The Morgan fingerprint density at radius 1 is 0.829 bits per heavy atom. The van der Waals surface area contributed by atoms with Crippen LogP contribution in [0.3, 0.4) is 0 Å². The zero-order valence-corrected chi connectivity index (χ0v) is 20.2. The zero-order chi connectivity index (χ0) is 24.4. The highest BCUT2D eigenvalue weighted by Crippen LogP contribution is 2.49. The highest BCUT2D eigenvalue weighted by Gasteiger charge is 2.36. The minimum absolute atomic E-state index is 0.173. The van der Waals surface area contributed by atoms with Crippen LogP contribution >= 0.6 is 0 Å². The molecule has 1 heterocycles. The Labute approximate surface area is 205 Å². The molecule has 0 radical (unpaired) electrons. The van der Waals surface area contributed by atoms with Gasteiger partial charge in [0.05, 0.1) is 21.3 Å². The number of benzene rings is 3. The molecule has 6 nitrogen and oxygen atoms in total. The van der Waals surface area contributed by atoms with Gasteiger partial charge >= 0.3 is 0 Å². The van der Waals surface area contributed by atoms with E-state index >= 15 is 0 Å². The van der Waals surface area contributed by atoms with Gasteiger partial charge in [-0.1, -0.05) is 36.4 Å². The molecule has 1 aliphatic heterocycles. The van der Waals surface area contributed by atoms with E-state index in [0.29, 0.717) is 36.0 Å². The Morgan fingerprint density at radius 2 is 1.57 bits per heavy atom. The van der Waals surface area contributed by atoms with Crippen molar-refractivity contribution in [2.24, 2.45) is 0 Å². The first-order valence-electron chi connectivity index (χ1n) is 11.8. The third-order valence-corrected chi connectivity index (χ3v) is 6.66. The normalized spacial score (nSPS) is 16.7. The number of nitrogens with one attached hydrogen (secondary N) is 1. The van der Waals surface area contributed by atoms with E-state index in [-0.39, 0.29) is 11.7 Å². The van der Waals surface area contributed by atoms with Gasteiger partial charge < -0.3 is 24.3 Å². The van der Waals surface area contributed by atoms with Crippen LogP contribution < -0.4 is 24.3 Å². The molecule has 0 aromatic heterocycles. The summed E-state index contributed by atoms with van der Waals surface area (Å²) in [6.45, 7) is 0.418. The number of rotatable bonds is 7. The van der Waals surface area contributed by atoms with E-state index in [2.05, 4.69) is 5.32 Å². The molecule has 35 heavy (non-hydrogen) atoms. The summed E-state index contributed by atoms with van der Waals surface area (Å²) in [5.41, 5.74) is 5.71. The second-order valence-electron chi connectivity index (χ2n) is 8.71. The highest BCUT2D eigenvalue weighted by molar-refractivity contribution is 6.01. The number of ketones is 1. The monoisotopic (exact) mass is 471 g/mol. The van der Waals surface area contributed by atoms with E-state index in [1.807, 2.05) is 60.7 Å².